The summed E-state index contributed by atoms with van der Waals surface area (Å²) in [5, 5.41) is 2.98. The molecule has 0 atom stereocenters. The minimum Gasteiger partial charge on any atom is -0.365 e. The quantitative estimate of drug-likeness (QED) is 0.793. The van der Waals surface area contributed by atoms with Crippen molar-refractivity contribution in [3.05, 3.63) is 52.8 Å². The van der Waals surface area contributed by atoms with Gasteiger partial charge in [-0.15, -0.1) is 0 Å². The van der Waals surface area contributed by atoms with Gasteiger partial charge in [-0.1, -0.05) is 6.07 Å². The minimum absolute atomic E-state index is 0.200. The maximum Gasteiger partial charge on any atom is 0.290 e. The first-order valence-corrected chi connectivity index (χ1v) is 5.03. The van der Waals surface area contributed by atoms with Gasteiger partial charge in [0.25, 0.3) is 5.56 Å². The van der Waals surface area contributed by atoms with Crippen molar-refractivity contribution in [3.63, 3.8) is 0 Å². The number of anilines is 1. The second-order valence-corrected chi connectivity index (χ2v) is 3.30. The summed E-state index contributed by atoms with van der Waals surface area (Å²) in [5.74, 6) is 0.353. The molecule has 0 amide bonds. The zero-order chi connectivity index (χ0) is 11.2. The van der Waals surface area contributed by atoms with Gasteiger partial charge in [0.2, 0.25) is 0 Å². The lowest BCUT2D eigenvalue weighted by molar-refractivity contribution is 0.980. The fourth-order valence-electron chi connectivity index (χ4n) is 1.35. The number of hydrogen-bond acceptors (Lipinski definition) is 4. The Morgan fingerprint density at radius 1 is 1.38 bits per heavy atom. The van der Waals surface area contributed by atoms with Crippen molar-refractivity contribution >= 4 is 5.82 Å². The first-order valence-electron chi connectivity index (χ1n) is 5.03. The van der Waals surface area contributed by atoms with Crippen LogP contribution in [0.4, 0.5) is 5.82 Å². The summed E-state index contributed by atoms with van der Waals surface area (Å²) in [6, 6.07) is 3.89. The maximum atomic E-state index is 11.3. The van der Waals surface area contributed by atoms with E-state index in [1.165, 1.54) is 6.20 Å². The number of hydrogen-bond donors (Lipinski definition) is 2. The number of nitrogens with one attached hydrogen (secondary N) is 2. The Balaban J connectivity index is 1.90. The van der Waals surface area contributed by atoms with E-state index in [2.05, 4.69) is 20.3 Å². The normalized spacial score (nSPS) is 10.0. The summed E-state index contributed by atoms with van der Waals surface area (Å²) < 4.78 is 0. The Bertz CT molecular complexity index is 495. The van der Waals surface area contributed by atoms with Gasteiger partial charge in [-0.25, -0.2) is 4.98 Å². The predicted molar refractivity (Wildman–Crippen MR) is 61.3 cm³/mol. The average molecular weight is 216 g/mol. The van der Waals surface area contributed by atoms with Gasteiger partial charge in [0.05, 0.1) is 0 Å². The van der Waals surface area contributed by atoms with Gasteiger partial charge in [-0.05, 0) is 18.1 Å². The molecule has 82 valence electrons. The van der Waals surface area contributed by atoms with Crippen molar-refractivity contribution in [1.82, 2.24) is 15.0 Å². The van der Waals surface area contributed by atoms with E-state index in [0.29, 0.717) is 12.4 Å². The van der Waals surface area contributed by atoms with Crippen molar-refractivity contribution < 1.29 is 0 Å². The number of aromatic nitrogens is 3. The van der Waals surface area contributed by atoms with Crippen molar-refractivity contribution in [2.75, 3.05) is 11.9 Å². The Morgan fingerprint density at radius 2 is 2.31 bits per heavy atom. The molecule has 2 aromatic rings. The topological polar surface area (TPSA) is 70.7 Å². The highest BCUT2D eigenvalue weighted by Crippen LogP contribution is 1.97. The molecule has 0 spiro atoms. The largest absolute Gasteiger partial charge is 0.365 e. The fraction of sp³-hybridized carbons (Fsp3) is 0.182. The predicted octanol–water partition coefficient (Wildman–Crippen LogP) is 0.819. The van der Waals surface area contributed by atoms with Crippen molar-refractivity contribution in [2.24, 2.45) is 0 Å². The molecule has 0 saturated heterocycles. The van der Waals surface area contributed by atoms with Crippen LogP contribution in [0.1, 0.15) is 5.56 Å². The second kappa shape index (κ2) is 5.06. The molecule has 0 radical (unpaired) electrons. The van der Waals surface area contributed by atoms with E-state index in [-0.39, 0.29) is 5.56 Å². The van der Waals surface area contributed by atoms with Crippen LogP contribution in [0.5, 0.6) is 0 Å². The van der Waals surface area contributed by atoms with E-state index >= 15 is 0 Å². The second-order valence-electron chi connectivity index (χ2n) is 3.30. The maximum absolute atomic E-state index is 11.3. The van der Waals surface area contributed by atoms with Crippen LogP contribution in [0, 0.1) is 0 Å². The van der Waals surface area contributed by atoms with E-state index in [9.17, 15) is 4.79 Å². The Morgan fingerprint density at radius 3 is 3.06 bits per heavy atom. The van der Waals surface area contributed by atoms with E-state index in [1.807, 2.05) is 18.3 Å². The summed E-state index contributed by atoms with van der Waals surface area (Å²) in [5.41, 5.74) is 0.927. The van der Waals surface area contributed by atoms with E-state index in [0.717, 1.165) is 12.0 Å². The number of aromatic amines is 1. The number of nitrogens with zero attached hydrogens (tertiary/aromatic N) is 2. The fourth-order valence-corrected chi connectivity index (χ4v) is 1.35. The lowest BCUT2D eigenvalue weighted by Gasteiger charge is -2.03. The molecule has 2 heterocycles. The number of pyridine rings is 1. The van der Waals surface area contributed by atoms with Crippen molar-refractivity contribution in [2.45, 2.75) is 6.42 Å². The standard InChI is InChI=1S/C11H12N4O/c16-11-10(14-6-7-15-11)13-5-3-9-2-1-4-12-8-9/h1-2,4,6-8H,3,5H2,(H,13,14)(H,15,16). The summed E-state index contributed by atoms with van der Waals surface area (Å²) >= 11 is 0. The van der Waals surface area contributed by atoms with Gasteiger partial charge < -0.3 is 10.3 Å². The molecule has 2 N–H and O–H groups in total. The van der Waals surface area contributed by atoms with Crippen molar-refractivity contribution in [1.29, 1.82) is 0 Å². The number of rotatable bonds is 4. The van der Waals surface area contributed by atoms with Gasteiger partial charge in [-0.3, -0.25) is 9.78 Å². The highest BCUT2D eigenvalue weighted by Gasteiger charge is 1.98. The third kappa shape index (κ3) is 2.66. The Kier molecular flexibility index (Phi) is 3.28. The molecule has 0 bridgehead atoms. The molecular formula is C11H12N4O. The summed E-state index contributed by atoms with van der Waals surface area (Å²) in [4.78, 5) is 21.8. The average Bonchev–Trinajstić information content (AvgIpc) is 2.33. The number of H-pyrrole nitrogens is 1. The molecule has 0 fully saturated rings. The van der Waals surface area contributed by atoms with Gasteiger partial charge in [0.1, 0.15) is 0 Å². The van der Waals surface area contributed by atoms with E-state index in [1.54, 1.807) is 12.4 Å². The van der Waals surface area contributed by atoms with Gasteiger partial charge >= 0.3 is 0 Å². The monoisotopic (exact) mass is 216 g/mol. The molecule has 0 aliphatic carbocycles. The van der Waals surface area contributed by atoms with Crippen LogP contribution in [-0.2, 0) is 6.42 Å². The molecule has 0 unspecified atom stereocenters. The van der Waals surface area contributed by atoms with Crippen LogP contribution in [0.3, 0.4) is 0 Å². The zero-order valence-electron chi connectivity index (χ0n) is 8.68. The van der Waals surface area contributed by atoms with Crippen LogP contribution >= 0.6 is 0 Å². The lowest BCUT2D eigenvalue weighted by atomic mass is 10.2. The van der Waals surface area contributed by atoms with Gasteiger partial charge in [-0.2, -0.15) is 0 Å². The molecular weight excluding hydrogens is 204 g/mol. The van der Waals surface area contributed by atoms with Crippen LogP contribution < -0.4 is 10.9 Å². The summed E-state index contributed by atoms with van der Waals surface area (Å²) in [6.45, 7) is 0.659. The first-order chi connectivity index (χ1) is 7.86. The van der Waals surface area contributed by atoms with Crippen LogP contribution in [0.25, 0.3) is 0 Å². The zero-order valence-corrected chi connectivity index (χ0v) is 8.68. The molecule has 0 aliphatic rings. The van der Waals surface area contributed by atoms with Crippen LogP contribution in [-0.4, -0.2) is 21.5 Å². The van der Waals surface area contributed by atoms with Gasteiger partial charge in [0.15, 0.2) is 5.82 Å². The van der Waals surface area contributed by atoms with Crippen LogP contribution in [0.15, 0.2) is 41.7 Å². The minimum atomic E-state index is -0.200. The third-order valence-electron chi connectivity index (χ3n) is 2.14. The van der Waals surface area contributed by atoms with Gasteiger partial charge in [0, 0.05) is 31.3 Å². The molecule has 2 aromatic heterocycles. The smallest absolute Gasteiger partial charge is 0.290 e. The molecule has 5 heteroatoms. The van der Waals surface area contributed by atoms with E-state index in [4.69, 9.17) is 0 Å². The SMILES string of the molecule is O=c1[nH]ccnc1NCCc1cccnc1. The molecule has 0 saturated carbocycles. The highest BCUT2D eigenvalue weighted by atomic mass is 16.1. The lowest BCUT2D eigenvalue weighted by Crippen LogP contribution is -2.17. The molecule has 16 heavy (non-hydrogen) atoms. The highest BCUT2D eigenvalue weighted by molar-refractivity contribution is 5.30. The first kappa shape index (κ1) is 10.4. The summed E-state index contributed by atoms with van der Waals surface area (Å²) in [7, 11) is 0. The van der Waals surface area contributed by atoms with Crippen molar-refractivity contribution in [3.8, 4) is 0 Å². The molecule has 0 aliphatic heterocycles. The van der Waals surface area contributed by atoms with Crippen LogP contribution in [0.2, 0.25) is 0 Å². The van der Waals surface area contributed by atoms with E-state index < -0.39 is 0 Å². The molecule has 5 nitrogen and oxygen atoms in total. The molecule has 0 aromatic carbocycles. The third-order valence-corrected chi connectivity index (χ3v) is 2.14. The summed E-state index contributed by atoms with van der Waals surface area (Å²) in [6.07, 6.45) is 7.41. The Labute approximate surface area is 92.6 Å². The molecule has 2 rings (SSSR count). The Hall–Kier alpha value is -2.17.